The van der Waals surface area contributed by atoms with Gasteiger partial charge in [0.15, 0.2) is 5.95 Å². The zero-order valence-electron chi connectivity index (χ0n) is 6.78. The topological polar surface area (TPSA) is 53.0 Å². The van der Waals surface area contributed by atoms with Crippen LogP contribution in [0.3, 0.4) is 0 Å². The summed E-state index contributed by atoms with van der Waals surface area (Å²) in [7, 11) is 0. The van der Waals surface area contributed by atoms with Gasteiger partial charge in [0.2, 0.25) is 5.69 Å². The van der Waals surface area contributed by atoms with Crippen LogP contribution in [0.15, 0.2) is 28.8 Å². The lowest BCUT2D eigenvalue weighted by atomic mass is 10.3. The van der Waals surface area contributed by atoms with Gasteiger partial charge in [-0.3, -0.25) is 0 Å². The van der Waals surface area contributed by atoms with Gasteiger partial charge in [-0.05, 0) is 28.4 Å². The van der Waals surface area contributed by atoms with E-state index in [4.69, 9.17) is 23.2 Å². The van der Waals surface area contributed by atoms with Gasteiger partial charge in [0.1, 0.15) is 0 Å². The molecular weight excluding hydrogens is 227 g/mol. The fourth-order valence-electron chi connectivity index (χ4n) is 0.981. The highest BCUT2D eigenvalue weighted by Gasteiger charge is 2.17. The Morgan fingerprint density at radius 2 is 1.86 bits per heavy atom. The van der Waals surface area contributed by atoms with E-state index in [0.717, 1.165) is 0 Å². The first-order valence-electron chi connectivity index (χ1n) is 3.69. The molecule has 0 fully saturated rings. The Kier molecular flexibility index (Phi) is 2.31. The van der Waals surface area contributed by atoms with E-state index in [2.05, 4.69) is 9.79 Å². The lowest BCUT2D eigenvalue weighted by Crippen LogP contribution is -2.33. The van der Waals surface area contributed by atoms with Gasteiger partial charge in [-0.15, -0.1) is 0 Å². The summed E-state index contributed by atoms with van der Waals surface area (Å²) < 4.78 is 5.57. The molecule has 0 N–H and O–H groups in total. The molecular formula is C8H4Cl2N2O2. The van der Waals surface area contributed by atoms with Crippen molar-refractivity contribution in [2.45, 2.75) is 0 Å². The molecule has 14 heavy (non-hydrogen) atoms. The molecule has 0 saturated heterocycles. The molecule has 1 aromatic carbocycles. The van der Waals surface area contributed by atoms with Crippen molar-refractivity contribution in [3.63, 3.8) is 0 Å². The lowest BCUT2D eigenvalue weighted by molar-refractivity contribution is -0.668. The van der Waals surface area contributed by atoms with Crippen molar-refractivity contribution >= 4 is 23.2 Å². The molecule has 4 nitrogen and oxygen atoms in total. The maximum atomic E-state index is 10.9. The molecule has 2 rings (SSSR count). The number of hydrogen-bond acceptors (Lipinski definition) is 3. The molecule has 0 aliphatic heterocycles. The van der Waals surface area contributed by atoms with Crippen LogP contribution in [0, 0.1) is 0 Å². The molecule has 0 aliphatic carbocycles. The standard InChI is InChI=1S/C8H4Cl2N2O2/c9-5-1-3-6(4-2-5)12-7(10)8(13)14-11-12/h1-4H. The van der Waals surface area contributed by atoms with Crippen LogP contribution in [-0.2, 0) is 0 Å². The van der Waals surface area contributed by atoms with Crippen LogP contribution in [-0.4, -0.2) is 5.27 Å². The van der Waals surface area contributed by atoms with Crippen LogP contribution in [0.5, 0.6) is 5.95 Å². The minimum absolute atomic E-state index is 0.0904. The Balaban J connectivity index is 2.49. The van der Waals surface area contributed by atoms with Gasteiger partial charge >= 0.3 is 5.15 Å². The highest BCUT2D eigenvalue weighted by molar-refractivity contribution is 6.30. The van der Waals surface area contributed by atoms with E-state index in [9.17, 15) is 5.11 Å². The molecule has 1 aromatic heterocycles. The van der Waals surface area contributed by atoms with E-state index >= 15 is 0 Å². The molecule has 0 aliphatic rings. The minimum atomic E-state index is -0.665. The predicted octanol–water partition coefficient (Wildman–Crippen LogP) is 1.33. The average molecular weight is 231 g/mol. The third-order valence-corrected chi connectivity index (χ3v) is 2.20. The van der Waals surface area contributed by atoms with Crippen LogP contribution < -0.4 is 9.79 Å². The summed E-state index contributed by atoms with van der Waals surface area (Å²) in [6.07, 6.45) is 0. The fraction of sp³-hybridized carbons (Fsp3) is 0. The Bertz CT molecular complexity index is 453. The highest BCUT2D eigenvalue weighted by atomic mass is 35.5. The molecule has 0 radical (unpaired) electrons. The van der Waals surface area contributed by atoms with Crippen molar-refractivity contribution in [1.82, 2.24) is 5.27 Å². The van der Waals surface area contributed by atoms with E-state index in [-0.39, 0.29) is 5.15 Å². The van der Waals surface area contributed by atoms with Crippen LogP contribution >= 0.6 is 23.2 Å². The van der Waals surface area contributed by atoms with Crippen LogP contribution in [0.4, 0.5) is 0 Å². The first-order chi connectivity index (χ1) is 6.68. The van der Waals surface area contributed by atoms with Crippen LogP contribution in [0.1, 0.15) is 0 Å². The summed E-state index contributed by atoms with van der Waals surface area (Å²) in [5.41, 5.74) is 0.616. The summed E-state index contributed by atoms with van der Waals surface area (Å²) in [5, 5.41) is 14.8. The van der Waals surface area contributed by atoms with E-state index in [1.807, 2.05) is 0 Å². The second-order valence-electron chi connectivity index (χ2n) is 2.54. The number of nitrogens with zero attached hydrogens (tertiary/aromatic N) is 2. The minimum Gasteiger partial charge on any atom is -0.538 e. The zero-order valence-corrected chi connectivity index (χ0v) is 8.29. The molecule has 0 saturated carbocycles. The van der Waals surface area contributed by atoms with Gasteiger partial charge in [0.25, 0.3) is 0 Å². The first kappa shape index (κ1) is 9.30. The Labute approximate surface area is 89.3 Å². The van der Waals surface area contributed by atoms with Gasteiger partial charge in [-0.1, -0.05) is 11.6 Å². The highest BCUT2D eigenvalue weighted by Crippen LogP contribution is 2.16. The Hall–Kier alpha value is -1.26. The van der Waals surface area contributed by atoms with Crippen LogP contribution in [0.25, 0.3) is 5.69 Å². The summed E-state index contributed by atoms with van der Waals surface area (Å²) in [5.74, 6) is -0.665. The summed E-state index contributed by atoms with van der Waals surface area (Å²) >= 11 is 11.3. The van der Waals surface area contributed by atoms with Crippen molar-refractivity contribution in [2.75, 3.05) is 0 Å². The van der Waals surface area contributed by atoms with E-state index in [1.54, 1.807) is 24.3 Å². The largest absolute Gasteiger partial charge is 0.538 e. The van der Waals surface area contributed by atoms with E-state index in [1.165, 1.54) is 4.68 Å². The molecule has 72 valence electrons. The molecule has 0 spiro atoms. The molecule has 1 heterocycles. The number of halogens is 2. The Morgan fingerprint density at radius 3 is 2.36 bits per heavy atom. The lowest BCUT2D eigenvalue weighted by Gasteiger charge is -1.90. The molecule has 0 unspecified atom stereocenters. The van der Waals surface area contributed by atoms with Gasteiger partial charge in [0, 0.05) is 17.2 Å². The molecule has 6 heteroatoms. The maximum absolute atomic E-state index is 10.9. The van der Waals surface area contributed by atoms with Crippen molar-refractivity contribution in [1.29, 1.82) is 0 Å². The predicted molar refractivity (Wildman–Crippen MR) is 47.5 cm³/mol. The second-order valence-corrected chi connectivity index (χ2v) is 3.33. The number of rotatable bonds is 1. The summed E-state index contributed by atoms with van der Waals surface area (Å²) in [6, 6.07) is 6.69. The van der Waals surface area contributed by atoms with Crippen molar-refractivity contribution in [2.24, 2.45) is 0 Å². The number of benzene rings is 1. The molecule has 0 atom stereocenters. The van der Waals surface area contributed by atoms with Crippen molar-refractivity contribution in [3.8, 4) is 11.6 Å². The van der Waals surface area contributed by atoms with E-state index in [0.29, 0.717) is 10.7 Å². The quantitative estimate of drug-likeness (QED) is 0.695. The van der Waals surface area contributed by atoms with Crippen molar-refractivity contribution < 1.29 is 14.3 Å². The maximum Gasteiger partial charge on any atom is 0.332 e. The SMILES string of the molecule is [O-]c1on[n+](-c2ccc(Cl)cc2)c1Cl. The first-order valence-corrected chi connectivity index (χ1v) is 4.44. The second kappa shape index (κ2) is 3.48. The third kappa shape index (κ3) is 1.54. The third-order valence-electron chi connectivity index (χ3n) is 1.63. The van der Waals surface area contributed by atoms with Crippen molar-refractivity contribution in [3.05, 3.63) is 34.4 Å². The molecule has 2 aromatic rings. The normalized spacial score (nSPS) is 10.4. The number of hydrogen-bond donors (Lipinski definition) is 0. The molecule has 0 amide bonds. The van der Waals surface area contributed by atoms with Gasteiger partial charge in [0.05, 0.1) is 5.27 Å². The fourth-order valence-corrected chi connectivity index (χ4v) is 1.27. The van der Waals surface area contributed by atoms with Gasteiger partial charge in [-0.25, -0.2) is 0 Å². The van der Waals surface area contributed by atoms with E-state index < -0.39 is 5.95 Å². The smallest absolute Gasteiger partial charge is 0.332 e. The summed E-state index contributed by atoms with van der Waals surface area (Å²) in [4.78, 5) is 0. The zero-order chi connectivity index (χ0) is 10.1. The molecule has 0 bridgehead atoms. The monoisotopic (exact) mass is 230 g/mol. The van der Waals surface area contributed by atoms with Gasteiger partial charge in [-0.2, -0.15) is 0 Å². The number of aromatic nitrogens is 2. The summed E-state index contributed by atoms with van der Waals surface area (Å²) in [6.45, 7) is 0. The Morgan fingerprint density at radius 1 is 1.21 bits per heavy atom. The van der Waals surface area contributed by atoms with Gasteiger partial charge < -0.3 is 9.63 Å². The average Bonchev–Trinajstić information content (AvgIpc) is 2.50. The van der Waals surface area contributed by atoms with Crippen LogP contribution in [0.2, 0.25) is 10.2 Å².